The third kappa shape index (κ3) is 3.24. The van der Waals surface area contributed by atoms with Crippen molar-refractivity contribution in [1.29, 1.82) is 0 Å². The number of hydrogen-bond acceptors (Lipinski definition) is 3. The fraction of sp³-hybridized carbons (Fsp3) is 0.500. The molecule has 1 unspecified atom stereocenters. The van der Waals surface area contributed by atoms with Crippen LogP contribution < -0.4 is 10.6 Å². The van der Waals surface area contributed by atoms with Gasteiger partial charge in [0, 0.05) is 36.8 Å². The van der Waals surface area contributed by atoms with Crippen LogP contribution in [0, 0.1) is 5.92 Å². The molecule has 5 nitrogen and oxygen atoms in total. The Kier molecular flexibility index (Phi) is 3.92. The molecule has 0 spiro atoms. The molecule has 0 radical (unpaired) electrons. The number of rotatable bonds is 4. The van der Waals surface area contributed by atoms with E-state index < -0.39 is 0 Å². The quantitative estimate of drug-likeness (QED) is 0.881. The minimum atomic E-state index is 0.00576. The van der Waals surface area contributed by atoms with Crippen LogP contribution in [-0.2, 0) is 4.79 Å². The molecule has 1 aliphatic heterocycles. The van der Waals surface area contributed by atoms with E-state index in [1.54, 1.807) is 17.0 Å². The van der Waals surface area contributed by atoms with Crippen molar-refractivity contribution in [3.63, 3.8) is 0 Å². The van der Waals surface area contributed by atoms with Crippen LogP contribution in [0.5, 0.6) is 0 Å². The summed E-state index contributed by atoms with van der Waals surface area (Å²) in [6, 6.07) is 7.46. The number of carbonyl (C=O) groups is 2. The van der Waals surface area contributed by atoms with Crippen LogP contribution in [0.25, 0.3) is 0 Å². The van der Waals surface area contributed by atoms with Gasteiger partial charge in [0.2, 0.25) is 5.91 Å². The van der Waals surface area contributed by atoms with E-state index in [4.69, 9.17) is 0 Å². The van der Waals surface area contributed by atoms with Crippen molar-refractivity contribution in [3.8, 4) is 0 Å². The van der Waals surface area contributed by atoms with Gasteiger partial charge in [0.25, 0.3) is 5.91 Å². The molecule has 1 aromatic carbocycles. The number of nitrogens with zero attached hydrogens (tertiary/aromatic N) is 1. The van der Waals surface area contributed by atoms with Gasteiger partial charge in [0.05, 0.1) is 0 Å². The maximum absolute atomic E-state index is 12.5. The van der Waals surface area contributed by atoms with Gasteiger partial charge in [-0.2, -0.15) is 0 Å². The van der Waals surface area contributed by atoms with Gasteiger partial charge < -0.3 is 15.5 Å². The van der Waals surface area contributed by atoms with Crippen molar-refractivity contribution < 1.29 is 9.59 Å². The van der Waals surface area contributed by atoms with Crippen LogP contribution in [0.2, 0.25) is 0 Å². The first-order valence-corrected chi connectivity index (χ1v) is 7.54. The van der Waals surface area contributed by atoms with E-state index in [0.29, 0.717) is 11.3 Å². The highest BCUT2D eigenvalue weighted by atomic mass is 16.2. The highest BCUT2D eigenvalue weighted by Gasteiger charge is 2.29. The number of likely N-dealkylation sites (N-methyl/N-ethyl adjacent to an activating group) is 1. The minimum Gasteiger partial charge on any atom is -0.337 e. The molecule has 21 heavy (non-hydrogen) atoms. The number of anilines is 1. The summed E-state index contributed by atoms with van der Waals surface area (Å²) in [5, 5.41) is 6.15. The van der Waals surface area contributed by atoms with Gasteiger partial charge in [0.15, 0.2) is 0 Å². The molecule has 5 heteroatoms. The Balaban J connectivity index is 1.69. The number of carbonyl (C=O) groups excluding carboxylic acids is 2. The summed E-state index contributed by atoms with van der Waals surface area (Å²) in [6.45, 7) is 1.81. The van der Waals surface area contributed by atoms with Crippen molar-refractivity contribution in [1.82, 2.24) is 10.2 Å². The topological polar surface area (TPSA) is 61.4 Å². The largest absolute Gasteiger partial charge is 0.337 e. The molecular weight excluding hydrogens is 266 g/mol. The molecule has 2 aliphatic rings. The molecule has 1 saturated heterocycles. The number of amides is 2. The lowest BCUT2D eigenvalue weighted by atomic mass is 10.1. The van der Waals surface area contributed by atoms with Crippen molar-refractivity contribution in [2.75, 3.05) is 25.5 Å². The Morgan fingerprint density at radius 1 is 1.29 bits per heavy atom. The molecular formula is C16H21N3O2. The lowest BCUT2D eigenvalue weighted by molar-refractivity contribution is -0.117. The molecule has 3 rings (SSSR count). The monoisotopic (exact) mass is 287 g/mol. The lowest BCUT2D eigenvalue weighted by Crippen LogP contribution is -2.38. The number of nitrogens with one attached hydrogen (secondary N) is 2. The van der Waals surface area contributed by atoms with Gasteiger partial charge in [-0.15, -0.1) is 0 Å². The zero-order chi connectivity index (χ0) is 14.8. The summed E-state index contributed by atoms with van der Waals surface area (Å²) >= 11 is 0. The summed E-state index contributed by atoms with van der Waals surface area (Å²) in [5.74, 6) is 0.232. The molecule has 2 N–H and O–H groups in total. The fourth-order valence-electron chi connectivity index (χ4n) is 2.66. The predicted molar refractivity (Wildman–Crippen MR) is 81.2 cm³/mol. The molecule has 1 aromatic rings. The normalized spacial score (nSPS) is 21.1. The molecule has 2 fully saturated rings. The van der Waals surface area contributed by atoms with Crippen molar-refractivity contribution in [2.45, 2.75) is 25.3 Å². The van der Waals surface area contributed by atoms with Crippen LogP contribution in [0.3, 0.4) is 0 Å². The Labute approximate surface area is 124 Å². The first kappa shape index (κ1) is 14.1. The van der Waals surface area contributed by atoms with Crippen molar-refractivity contribution in [3.05, 3.63) is 29.8 Å². The van der Waals surface area contributed by atoms with Crippen LogP contribution in [0.15, 0.2) is 24.3 Å². The van der Waals surface area contributed by atoms with Gasteiger partial charge in [-0.05, 0) is 44.0 Å². The van der Waals surface area contributed by atoms with Gasteiger partial charge in [0.1, 0.15) is 0 Å². The van der Waals surface area contributed by atoms with Gasteiger partial charge in [-0.25, -0.2) is 0 Å². The maximum atomic E-state index is 12.5. The summed E-state index contributed by atoms with van der Waals surface area (Å²) in [5.41, 5.74) is 1.33. The third-order valence-corrected chi connectivity index (χ3v) is 4.23. The van der Waals surface area contributed by atoms with E-state index in [1.807, 2.05) is 19.2 Å². The second-order valence-electron chi connectivity index (χ2n) is 5.91. The zero-order valence-electron chi connectivity index (χ0n) is 12.3. The molecule has 1 saturated carbocycles. The van der Waals surface area contributed by atoms with Crippen molar-refractivity contribution >= 4 is 17.5 Å². The molecule has 0 bridgehead atoms. The highest BCUT2D eigenvalue weighted by molar-refractivity contribution is 5.98. The predicted octanol–water partition coefficient (Wildman–Crippen LogP) is 1.47. The Bertz CT molecular complexity index is 548. The second-order valence-corrected chi connectivity index (χ2v) is 5.91. The maximum Gasteiger partial charge on any atom is 0.253 e. The molecule has 1 heterocycles. The number of benzene rings is 1. The van der Waals surface area contributed by atoms with Crippen LogP contribution >= 0.6 is 0 Å². The smallest absolute Gasteiger partial charge is 0.253 e. The second kappa shape index (κ2) is 5.85. The van der Waals surface area contributed by atoms with E-state index in [0.717, 1.165) is 32.4 Å². The minimum absolute atomic E-state index is 0.00576. The Morgan fingerprint density at radius 3 is 2.76 bits per heavy atom. The first-order valence-electron chi connectivity index (χ1n) is 7.54. The average molecular weight is 287 g/mol. The SMILES string of the molecule is CN(C(=O)c1cccc(NC(=O)C2CC2)c1)C1CCNC1. The molecule has 1 aliphatic carbocycles. The summed E-state index contributed by atoms with van der Waals surface area (Å²) < 4.78 is 0. The van der Waals surface area contributed by atoms with Crippen LogP contribution in [0.4, 0.5) is 5.69 Å². The summed E-state index contributed by atoms with van der Waals surface area (Å²) in [7, 11) is 1.84. The fourth-order valence-corrected chi connectivity index (χ4v) is 2.66. The Morgan fingerprint density at radius 2 is 2.10 bits per heavy atom. The van der Waals surface area contributed by atoms with E-state index in [1.165, 1.54) is 0 Å². The van der Waals surface area contributed by atoms with Crippen molar-refractivity contribution in [2.24, 2.45) is 5.92 Å². The lowest BCUT2D eigenvalue weighted by Gasteiger charge is -2.24. The molecule has 0 aromatic heterocycles. The van der Waals surface area contributed by atoms with Gasteiger partial charge in [-0.1, -0.05) is 6.07 Å². The van der Waals surface area contributed by atoms with E-state index in [2.05, 4.69) is 10.6 Å². The Hall–Kier alpha value is -1.88. The van der Waals surface area contributed by atoms with E-state index in [9.17, 15) is 9.59 Å². The van der Waals surface area contributed by atoms with E-state index in [-0.39, 0.29) is 23.8 Å². The van der Waals surface area contributed by atoms with Gasteiger partial charge in [-0.3, -0.25) is 9.59 Å². The van der Waals surface area contributed by atoms with E-state index >= 15 is 0 Å². The summed E-state index contributed by atoms with van der Waals surface area (Å²) in [6.07, 6.45) is 2.93. The third-order valence-electron chi connectivity index (χ3n) is 4.23. The summed E-state index contributed by atoms with van der Waals surface area (Å²) in [4.78, 5) is 26.1. The molecule has 112 valence electrons. The zero-order valence-corrected chi connectivity index (χ0v) is 12.3. The van der Waals surface area contributed by atoms with Crippen LogP contribution in [-0.4, -0.2) is 42.9 Å². The number of hydrogen-bond donors (Lipinski definition) is 2. The molecule has 2 amide bonds. The first-order chi connectivity index (χ1) is 10.1. The van der Waals surface area contributed by atoms with Crippen LogP contribution in [0.1, 0.15) is 29.6 Å². The molecule has 1 atom stereocenters. The average Bonchev–Trinajstić information content (AvgIpc) is 3.21. The highest BCUT2D eigenvalue weighted by Crippen LogP contribution is 2.30. The van der Waals surface area contributed by atoms with Gasteiger partial charge >= 0.3 is 0 Å². The standard InChI is InChI=1S/C16H21N3O2/c1-19(14-7-8-17-10-14)16(21)12-3-2-4-13(9-12)18-15(20)11-5-6-11/h2-4,9,11,14,17H,5-8,10H2,1H3,(H,18,20).